The second kappa shape index (κ2) is 5.93. The fourth-order valence-electron chi connectivity index (χ4n) is 2.23. The molecular formula is C14H20N2O3. The van der Waals surface area contributed by atoms with Crippen LogP contribution in [0, 0.1) is 0 Å². The first-order valence-electron chi connectivity index (χ1n) is 6.42. The van der Waals surface area contributed by atoms with Gasteiger partial charge in [0.15, 0.2) is 0 Å². The van der Waals surface area contributed by atoms with Crippen molar-refractivity contribution in [2.75, 3.05) is 33.0 Å². The third-order valence-corrected chi connectivity index (χ3v) is 3.34. The monoisotopic (exact) mass is 264 g/mol. The molecule has 2 N–H and O–H groups in total. The molecule has 1 aliphatic heterocycles. The van der Waals surface area contributed by atoms with Gasteiger partial charge < -0.3 is 20.1 Å². The molecule has 1 fully saturated rings. The zero-order chi connectivity index (χ0) is 13.8. The number of carbonyl (C=O) groups excluding carboxylic acids is 1. The van der Waals surface area contributed by atoms with Crippen molar-refractivity contribution in [1.82, 2.24) is 4.90 Å². The van der Waals surface area contributed by atoms with Crippen LogP contribution in [0.15, 0.2) is 18.2 Å². The minimum Gasteiger partial charge on any atom is -0.497 e. The smallest absolute Gasteiger partial charge is 0.255 e. The number of hydrogen-bond acceptors (Lipinski definition) is 4. The van der Waals surface area contributed by atoms with Gasteiger partial charge in [-0.3, -0.25) is 4.79 Å². The average molecular weight is 264 g/mol. The summed E-state index contributed by atoms with van der Waals surface area (Å²) in [5.74, 6) is 0.523. The Bertz CT molecular complexity index is 456. The lowest BCUT2D eigenvalue weighted by Gasteiger charge is -2.21. The first-order valence-corrected chi connectivity index (χ1v) is 6.42. The molecule has 0 aliphatic carbocycles. The van der Waals surface area contributed by atoms with Crippen molar-refractivity contribution < 1.29 is 14.3 Å². The maximum absolute atomic E-state index is 12.4. The summed E-state index contributed by atoms with van der Waals surface area (Å²) in [5.41, 5.74) is 6.79. The second-order valence-corrected chi connectivity index (χ2v) is 4.77. The quantitative estimate of drug-likeness (QED) is 0.838. The number of ether oxygens (including phenoxy) is 2. The third kappa shape index (κ3) is 3.17. The number of methoxy groups -OCH3 is 1. The number of nitrogen functional groups attached to an aromatic ring is 1. The summed E-state index contributed by atoms with van der Waals surface area (Å²) in [7, 11) is 3.33. The van der Waals surface area contributed by atoms with Crippen LogP contribution >= 0.6 is 0 Å². The molecule has 2 rings (SSSR count). The molecule has 1 aromatic rings. The van der Waals surface area contributed by atoms with Crippen LogP contribution in [-0.4, -0.2) is 44.2 Å². The lowest BCUT2D eigenvalue weighted by molar-refractivity contribution is 0.0587. The molecule has 0 spiro atoms. The summed E-state index contributed by atoms with van der Waals surface area (Å²) in [6.07, 6.45) is 2.21. The number of hydrogen-bond donors (Lipinski definition) is 1. The van der Waals surface area contributed by atoms with Crippen molar-refractivity contribution in [2.45, 2.75) is 18.9 Å². The lowest BCUT2D eigenvalue weighted by atomic mass is 10.1. The van der Waals surface area contributed by atoms with Gasteiger partial charge in [-0.25, -0.2) is 0 Å². The predicted molar refractivity (Wildman–Crippen MR) is 73.3 cm³/mol. The number of rotatable bonds is 4. The van der Waals surface area contributed by atoms with Gasteiger partial charge in [0.1, 0.15) is 5.75 Å². The van der Waals surface area contributed by atoms with E-state index in [-0.39, 0.29) is 12.0 Å². The molecule has 0 aromatic heterocycles. The van der Waals surface area contributed by atoms with Crippen LogP contribution in [0.25, 0.3) is 0 Å². The highest BCUT2D eigenvalue weighted by atomic mass is 16.5. The second-order valence-electron chi connectivity index (χ2n) is 4.77. The Hall–Kier alpha value is -1.75. The highest BCUT2D eigenvalue weighted by Crippen LogP contribution is 2.21. The van der Waals surface area contributed by atoms with E-state index in [1.165, 1.54) is 0 Å². The van der Waals surface area contributed by atoms with Crippen LogP contribution in [0.2, 0.25) is 0 Å². The summed E-state index contributed by atoms with van der Waals surface area (Å²) in [4.78, 5) is 14.0. The molecule has 1 saturated heterocycles. The Morgan fingerprint density at radius 1 is 1.58 bits per heavy atom. The zero-order valence-electron chi connectivity index (χ0n) is 11.4. The van der Waals surface area contributed by atoms with Gasteiger partial charge in [0.05, 0.1) is 18.8 Å². The minimum absolute atomic E-state index is 0.105. The summed E-state index contributed by atoms with van der Waals surface area (Å²) in [5, 5.41) is 0. The third-order valence-electron chi connectivity index (χ3n) is 3.34. The molecule has 0 saturated carbocycles. The standard InChI is InChI=1S/C14H20N2O3/c1-16(9-11-4-3-7-19-11)14(17)12-8-10(18-2)5-6-13(12)15/h5-6,8,11H,3-4,7,9,15H2,1-2H3. The van der Waals surface area contributed by atoms with Gasteiger partial charge in [-0.1, -0.05) is 0 Å². The summed E-state index contributed by atoms with van der Waals surface area (Å²) < 4.78 is 10.7. The van der Waals surface area contributed by atoms with E-state index in [0.717, 1.165) is 19.4 Å². The van der Waals surface area contributed by atoms with Gasteiger partial charge >= 0.3 is 0 Å². The van der Waals surface area contributed by atoms with Crippen molar-refractivity contribution in [1.29, 1.82) is 0 Å². The van der Waals surface area contributed by atoms with E-state index in [1.807, 2.05) is 0 Å². The van der Waals surface area contributed by atoms with Gasteiger partial charge in [0.25, 0.3) is 5.91 Å². The van der Waals surface area contributed by atoms with E-state index in [0.29, 0.717) is 23.5 Å². The fourth-order valence-corrected chi connectivity index (χ4v) is 2.23. The molecule has 1 atom stereocenters. The molecule has 19 heavy (non-hydrogen) atoms. The number of anilines is 1. The Morgan fingerprint density at radius 2 is 2.37 bits per heavy atom. The number of nitrogens with two attached hydrogens (primary N) is 1. The molecule has 1 aliphatic rings. The van der Waals surface area contributed by atoms with Crippen molar-refractivity contribution in [3.8, 4) is 5.75 Å². The first-order chi connectivity index (χ1) is 9.11. The van der Waals surface area contributed by atoms with Crippen LogP contribution in [0.4, 0.5) is 5.69 Å². The van der Waals surface area contributed by atoms with Gasteiger partial charge in [-0.05, 0) is 31.0 Å². The molecule has 5 heteroatoms. The maximum Gasteiger partial charge on any atom is 0.255 e. The molecule has 1 amide bonds. The number of likely N-dealkylation sites (N-methyl/N-ethyl adjacent to an activating group) is 1. The molecule has 1 aromatic carbocycles. The Kier molecular flexibility index (Phi) is 4.27. The van der Waals surface area contributed by atoms with E-state index >= 15 is 0 Å². The van der Waals surface area contributed by atoms with Crippen molar-refractivity contribution in [3.05, 3.63) is 23.8 Å². The van der Waals surface area contributed by atoms with Crippen molar-refractivity contribution in [3.63, 3.8) is 0 Å². The number of amides is 1. The molecule has 5 nitrogen and oxygen atoms in total. The SMILES string of the molecule is COc1ccc(N)c(C(=O)N(C)CC2CCCO2)c1. The number of carbonyl (C=O) groups is 1. The van der Waals surface area contributed by atoms with Gasteiger partial charge in [0, 0.05) is 25.9 Å². The van der Waals surface area contributed by atoms with Gasteiger partial charge in [0.2, 0.25) is 0 Å². The Labute approximate surface area is 113 Å². The zero-order valence-corrected chi connectivity index (χ0v) is 11.4. The normalized spacial score (nSPS) is 18.3. The lowest BCUT2D eigenvalue weighted by Crippen LogP contribution is -2.34. The van der Waals surface area contributed by atoms with E-state index in [2.05, 4.69) is 0 Å². The molecular weight excluding hydrogens is 244 g/mol. The van der Waals surface area contributed by atoms with Crippen LogP contribution in [0.1, 0.15) is 23.2 Å². The van der Waals surface area contributed by atoms with Crippen LogP contribution < -0.4 is 10.5 Å². The van der Waals surface area contributed by atoms with Gasteiger partial charge in [-0.2, -0.15) is 0 Å². The predicted octanol–water partition coefficient (Wildman–Crippen LogP) is 1.53. The largest absolute Gasteiger partial charge is 0.497 e. The highest BCUT2D eigenvalue weighted by Gasteiger charge is 2.22. The summed E-state index contributed by atoms with van der Waals surface area (Å²) in [6.45, 7) is 1.38. The summed E-state index contributed by atoms with van der Waals surface area (Å²) >= 11 is 0. The van der Waals surface area contributed by atoms with E-state index in [4.69, 9.17) is 15.2 Å². The Balaban J connectivity index is 2.09. The minimum atomic E-state index is -0.105. The number of nitrogens with zero attached hydrogens (tertiary/aromatic N) is 1. The van der Waals surface area contributed by atoms with Crippen molar-refractivity contribution >= 4 is 11.6 Å². The van der Waals surface area contributed by atoms with Crippen molar-refractivity contribution in [2.24, 2.45) is 0 Å². The first kappa shape index (κ1) is 13.7. The molecule has 1 unspecified atom stereocenters. The van der Waals surface area contributed by atoms with Gasteiger partial charge in [-0.15, -0.1) is 0 Å². The molecule has 104 valence electrons. The highest BCUT2D eigenvalue weighted by molar-refractivity contribution is 5.99. The summed E-state index contributed by atoms with van der Waals surface area (Å²) in [6, 6.07) is 5.10. The van der Waals surface area contributed by atoms with Crippen LogP contribution in [-0.2, 0) is 4.74 Å². The molecule has 1 heterocycles. The number of benzene rings is 1. The van der Waals surface area contributed by atoms with Crippen LogP contribution in [0.5, 0.6) is 5.75 Å². The van der Waals surface area contributed by atoms with E-state index in [1.54, 1.807) is 37.3 Å². The van der Waals surface area contributed by atoms with Crippen LogP contribution in [0.3, 0.4) is 0 Å². The maximum atomic E-state index is 12.4. The van der Waals surface area contributed by atoms with E-state index in [9.17, 15) is 4.79 Å². The molecule has 0 bridgehead atoms. The van der Waals surface area contributed by atoms with E-state index < -0.39 is 0 Å². The topological polar surface area (TPSA) is 64.8 Å². The average Bonchev–Trinajstić information content (AvgIpc) is 2.91. The fraction of sp³-hybridized carbons (Fsp3) is 0.500. The molecule has 0 radical (unpaired) electrons. The Morgan fingerprint density at radius 3 is 3.00 bits per heavy atom.